The summed E-state index contributed by atoms with van der Waals surface area (Å²) in [5.74, 6) is 0.807. The van der Waals surface area contributed by atoms with Gasteiger partial charge in [0.15, 0.2) is 0 Å². The number of aromatic nitrogens is 3. The molecule has 0 spiro atoms. The Kier molecular flexibility index (Phi) is 3.31. The van der Waals surface area contributed by atoms with Gasteiger partial charge < -0.3 is 10.7 Å². The number of nitrogens with zero attached hydrogens (tertiary/aromatic N) is 2. The molecule has 0 aliphatic carbocycles. The first-order chi connectivity index (χ1) is 7.79. The molecule has 2 aromatic rings. The third kappa shape index (κ3) is 2.46. The summed E-state index contributed by atoms with van der Waals surface area (Å²) in [7, 11) is 0. The van der Waals surface area contributed by atoms with Gasteiger partial charge >= 0.3 is 0 Å². The minimum atomic E-state index is -0.116. The van der Waals surface area contributed by atoms with Gasteiger partial charge in [-0.25, -0.2) is 4.98 Å². The van der Waals surface area contributed by atoms with E-state index in [-0.39, 0.29) is 6.04 Å². The van der Waals surface area contributed by atoms with Gasteiger partial charge in [0.2, 0.25) is 0 Å². The van der Waals surface area contributed by atoms with E-state index in [4.69, 9.17) is 5.73 Å². The largest absolute Gasteiger partial charge is 0.347 e. The van der Waals surface area contributed by atoms with Crippen LogP contribution < -0.4 is 5.73 Å². The number of aryl methyl sites for hydroxylation is 1. The van der Waals surface area contributed by atoms with Crippen molar-refractivity contribution in [1.82, 2.24) is 15.0 Å². The molecule has 16 heavy (non-hydrogen) atoms. The van der Waals surface area contributed by atoms with Crippen molar-refractivity contribution in [3.8, 4) is 0 Å². The molecule has 1 unspecified atom stereocenters. The van der Waals surface area contributed by atoms with Crippen LogP contribution in [0.15, 0.2) is 30.7 Å². The average molecular weight is 216 g/mol. The van der Waals surface area contributed by atoms with E-state index in [1.165, 1.54) is 5.56 Å². The number of pyridine rings is 1. The van der Waals surface area contributed by atoms with Crippen molar-refractivity contribution in [3.05, 3.63) is 47.8 Å². The lowest BCUT2D eigenvalue weighted by molar-refractivity contribution is 0.665. The van der Waals surface area contributed by atoms with Crippen molar-refractivity contribution in [2.45, 2.75) is 25.8 Å². The molecular weight excluding hydrogens is 200 g/mol. The van der Waals surface area contributed by atoms with Gasteiger partial charge in [-0.05, 0) is 18.1 Å². The SMILES string of the molecule is CCc1ccc(CC(N)c2ncc[nH]2)nc1. The molecule has 3 N–H and O–H groups in total. The van der Waals surface area contributed by atoms with Crippen molar-refractivity contribution >= 4 is 0 Å². The Bertz CT molecular complexity index is 419. The van der Waals surface area contributed by atoms with Gasteiger partial charge in [-0.15, -0.1) is 0 Å². The predicted molar refractivity (Wildman–Crippen MR) is 62.8 cm³/mol. The summed E-state index contributed by atoms with van der Waals surface area (Å²) in [6, 6.07) is 4.01. The Balaban J connectivity index is 2.03. The highest BCUT2D eigenvalue weighted by Gasteiger charge is 2.09. The van der Waals surface area contributed by atoms with Gasteiger partial charge in [0.25, 0.3) is 0 Å². The summed E-state index contributed by atoms with van der Waals surface area (Å²) in [4.78, 5) is 11.5. The van der Waals surface area contributed by atoms with Crippen LogP contribution in [0.25, 0.3) is 0 Å². The highest BCUT2D eigenvalue weighted by molar-refractivity contribution is 5.15. The number of imidazole rings is 1. The van der Waals surface area contributed by atoms with Crippen molar-refractivity contribution in [3.63, 3.8) is 0 Å². The zero-order chi connectivity index (χ0) is 11.4. The molecule has 4 heteroatoms. The molecule has 84 valence electrons. The molecule has 0 aromatic carbocycles. The Morgan fingerprint density at radius 3 is 2.81 bits per heavy atom. The smallest absolute Gasteiger partial charge is 0.123 e. The lowest BCUT2D eigenvalue weighted by Gasteiger charge is -2.08. The highest BCUT2D eigenvalue weighted by Crippen LogP contribution is 2.11. The molecule has 0 bridgehead atoms. The lowest BCUT2D eigenvalue weighted by atomic mass is 10.1. The van der Waals surface area contributed by atoms with Crippen molar-refractivity contribution in [1.29, 1.82) is 0 Å². The first kappa shape index (κ1) is 10.8. The fraction of sp³-hybridized carbons (Fsp3) is 0.333. The quantitative estimate of drug-likeness (QED) is 0.815. The molecule has 2 heterocycles. The summed E-state index contributed by atoms with van der Waals surface area (Å²) in [5.41, 5.74) is 8.25. The molecule has 0 saturated carbocycles. The van der Waals surface area contributed by atoms with Crippen LogP contribution in [-0.2, 0) is 12.8 Å². The predicted octanol–water partition coefficient (Wildman–Crippen LogP) is 1.61. The highest BCUT2D eigenvalue weighted by atomic mass is 14.9. The van der Waals surface area contributed by atoms with E-state index in [1.54, 1.807) is 12.4 Å². The van der Waals surface area contributed by atoms with Crippen LogP contribution in [-0.4, -0.2) is 15.0 Å². The molecule has 0 fully saturated rings. The van der Waals surface area contributed by atoms with Crippen LogP contribution in [0.3, 0.4) is 0 Å². The molecule has 4 nitrogen and oxygen atoms in total. The third-order valence-corrected chi connectivity index (χ3v) is 2.59. The molecule has 0 amide bonds. The van der Waals surface area contributed by atoms with Crippen LogP contribution in [0.5, 0.6) is 0 Å². The van der Waals surface area contributed by atoms with E-state index in [0.29, 0.717) is 6.42 Å². The minimum Gasteiger partial charge on any atom is -0.347 e. The molecule has 0 aliphatic rings. The van der Waals surface area contributed by atoms with Crippen molar-refractivity contribution < 1.29 is 0 Å². The van der Waals surface area contributed by atoms with Gasteiger partial charge in [0.05, 0.1) is 6.04 Å². The Morgan fingerprint density at radius 2 is 2.25 bits per heavy atom. The van der Waals surface area contributed by atoms with Crippen molar-refractivity contribution in [2.24, 2.45) is 5.73 Å². The number of aromatic amines is 1. The standard InChI is InChI=1S/C12H16N4/c1-2-9-3-4-10(16-8-9)7-11(13)12-14-5-6-15-12/h3-6,8,11H,2,7,13H2,1H3,(H,14,15). The second kappa shape index (κ2) is 4.90. The van der Waals surface area contributed by atoms with E-state index >= 15 is 0 Å². The minimum absolute atomic E-state index is 0.116. The molecule has 0 aliphatic heterocycles. The first-order valence-electron chi connectivity index (χ1n) is 5.48. The maximum atomic E-state index is 6.01. The van der Waals surface area contributed by atoms with E-state index in [1.807, 2.05) is 12.3 Å². The van der Waals surface area contributed by atoms with E-state index < -0.39 is 0 Å². The second-order valence-corrected chi connectivity index (χ2v) is 3.80. The number of hydrogen-bond donors (Lipinski definition) is 2. The molecular formula is C12H16N4. The summed E-state index contributed by atoms with van der Waals surface area (Å²) < 4.78 is 0. The molecule has 0 radical (unpaired) electrons. The average Bonchev–Trinajstić information content (AvgIpc) is 2.83. The lowest BCUT2D eigenvalue weighted by Crippen LogP contribution is -2.15. The first-order valence-corrected chi connectivity index (χ1v) is 5.48. The summed E-state index contributed by atoms with van der Waals surface area (Å²) in [5, 5.41) is 0. The molecule has 2 rings (SSSR count). The fourth-order valence-electron chi connectivity index (χ4n) is 1.59. The topological polar surface area (TPSA) is 67.6 Å². The summed E-state index contributed by atoms with van der Waals surface area (Å²) in [6.45, 7) is 2.12. The second-order valence-electron chi connectivity index (χ2n) is 3.80. The van der Waals surface area contributed by atoms with Crippen molar-refractivity contribution in [2.75, 3.05) is 0 Å². The molecule has 0 saturated heterocycles. The van der Waals surface area contributed by atoms with E-state index in [2.05, 4.69) is 27.9 Å². The van der Waals surface area contributed by atoms with Crippen LogP contribution in [0, 0.1) is 0 Å². The number of nitrogens with one attached hydrogen (secondary N) is 1. The van der Waals surface area contributed by atoms with E-state index in [9.17, 15) is 0 Å². The van der Waals surface area contributed by atoms with Crippen LogP contribution in [0.1, 0.15) is 30.0 Å². The summed E-state index contributed by atoms with van der Waals surface area (Å²) in [6.07, 6.45) is 7.12. The zero-order valence-corrected chi connectivity index (χ0v) is 9.35. The normalized spacial score (nSPS) is 12.6. The number of H-pyrrole nitrogens is 1. The number of hydrogen-bond acceptors (Lipinski definition) is 3. The van der Waals surface area contributed by atoms with Gasteiger partial charge in [0.1, 0.15) is 5.82 Å². The maximum absolute atomic E-state index is 6.01. The fourth-order valence-corrected chi connectivity index (χ4v) is 1.59. The third-order valence-electron chi connectivity index (χ3n) is 2.59. The van der Waals surface area contributed by atoms with E-state index in [0.717, 1.165) is 17.9 Å². The van der Waals surface area contributed by atoms with Crippen LogP contribution in [0.2, 0.25) is 0 Å². The van der Waals surface area contributed by atoms with Crippen LogP contribution in [0.4, 0.5) is 0 Å². The van der Waals surface area contributed by atoms with Gasteiger partial charge in [-0.1, -0.05) is 13.0 Å². The molecule has 1 atom stereocenters. The molecule has 2 aromatic heterocycles. The van der Waals surface area contributed by atoms with Gasteiger partial charge in [0, 0.05) is 30.7 Å². The van der Waals surface area contributed by atoms with Crippen LogP contribution >= 0.6 is 0 Å². The Morgan fingerprint density at radius 1 is 1.38 bits per heavy atom. The monoisotopic (exact) mass is 216 g/mol. The Labute approximate surface area is 94.9 Å². The maximum Gasteiger partial charge on any atom is 0.123 e. The number of nitrogens with two attached hydrogens (primary N) is 1. The Hall–Kier alpha value is -1.68. The van der Waals surface area contributed by atoms with Gasteiger partial charge in [-0.3, -0.25) is 4.98 Å². The zero-order valence-electron chi connectivity index (χ0n) is 9.35. The number of rotatable bonds is 4. The van der Waals surface area contributed by atoms with Gasteiger partial charge in [-0.2, -0.15) is 0 Å². The summed E-state index contributed by atoms with van der Waals surface area (Å²) >= 11 is 0.